The molecule has 0 radical (unpaired) electrons. The molecule has 0 aromatic rings. The maximum Gasteiger partial charge on any atom is 0.121 e. The first-order chi connectivity index (χ1) is 5.55. The van der Waals surface area contributed by atoms with Crippen LogP contribution < -0.4 is 0 Å². The SMILES string of the molecule is CC(C)[C@]1(F)C2C[C@H]1CN(I)C2. The first kappa shape index (κ1) is 9.19. The van der Waals surface area contributed by atoms with Crippen molar-refractivity contribution in [3.05, 3.63) is 0 Å². The smallest absolute Gasteiger partial charge is 0.121 e. The van der Waals surface area contributed by atoms with E-state index in [0.29, 0.717) is 11.8 Å². The van der Waals surface area contributed by atoms with Gasteiger partial charge < -0.3 is 0 Å². The molecule has 2 heterocycles. The average molecular weight is 283 g/mol. The fraction of sp³-hybridized carbons (Fsp3) is 1.00. The third-order valence-electron chi connectivity index (χ3n) is 3.54. The summed E-state index contributed by atoms with van der Waals surface area (Å²) in [5.74, 6) is 0.827. The van der Waals surface area contributed by atoms with Crippen LogP contribution in [0.2, 0.25) is 0 Å². The molecule has 70 valence electrons. The molecule has 3 heteroatoms. The molecule has 3 atom stereocenters. The van der Waals surface area contributed by atoms with Crippen molar-refractivity contribution in [3.63, 3.8) is 0 Å². The van der Waals surface area contributed by atoms with Gasteiger partial charge in [-0.15, -0.1) is 0 Å². The van der Waals surface area contributed by atoms with Crippen LogP contribution in [-0.4, -0.2) is 21.9 Å². The van der Waals surface area contributed by atoms with Crippen LogP contribution >= 0.6 is 22.9 Å². The van der Waals surface area contributed by atoms with E-state index in [1.165, 1.54) is 0 Å². The molecule has 0 amide bonds. The monoisotopic (exact) mass is 283 g/mol. The second-order valence-electron chi connectivity index (χ2n) is 4.44. The van der Waals surface area contributed by atoms with Crippen LogP contribution in [0.5, 0.6) is 0 Å². The normalized spacial score (nSPS) is 47.8. The molecule has 2 aliphatic heterocycles. The second-order valence-corrected chi connectivity index (χ2v) is 5.80. The van der Waals surface area contributed by atoms with Gasteiger partial charge in [0.15, 0.2) is 0 Å². The number of hydrogen-bond acceptors (Lipinski definition) is 1. The number of hydrogen-bond donors (Lipinski definition) is 0. The van der Waals surface area contributed by atoms with Crippen LogP contribution in [0.15, 0.2) is 0 Å². The second kappa shape index (κ2) is 2.80. The van der Waals surface area contributed by atoms with Crippen molar-refractivity contribution < 1.29 is 4.39 Å². The molecule has 2 bridgehead atoms. The lowest BCUT2D eigenvalue weighted by Gasteiger charge is -2.58. The Morgan fingerprint density at radius 1 is 1.42 bits per heavy atom. The first-order valence-corrected chi connectivity index (χ1v) is 5.61. The molecule has 0 aromatic carbocycles. The van der Waals surface area contributed by atoms with Crippen molar-refractivity contribution >= 4 is 22.9 Å². The number of alkyl halides is 1. The number of fused-ring (bicyclic) bond motifs is 2. The van der Waals surface area contributed by atoms with Gasteiger partial charge in [-0.25, -0.2) is 7.50 Å². The van der Waals surface area contributed by atoms with Gasteiger partial charge in [0, 0.05) is 47.8 Å². The van der Waals surface area contributed by atoms with Crippen LogP contribution in [0.1, 0.15) is 20.3 Å². The van der Waals surface area contributed by atoms with E-state index in [1.54, 1.807) is 0 Å². The molecule has 3 rings (SSSR count). The Morgan fingerprint density at radius 2 is 1.92 bits per heavy atom. The molecule has 1 nitrogen and oxygen atoms in total. The van der Waals surface area contributed by atoms with Gasteiger partial charge >= 0.3 is 0 Å². The van der Waals surface area contributed by atoms with Gasteiger partial charge in [0.25, 0.3) is 0 Å². The Morgan fingerprint density at radius 3 is 2.33 bits per heavy atom. The summed E-state index contributed by atoms with van der Waals surface area (Å²) in [7, 11) is 0. The van der Waals surface area contributed by atoms with Crippen LogP contribution in [-0.2, 0) is 0 Å². The van der Waals surface area contributed by atoms with E-state index in [9.17, 15) is 4.39 Å². The number of rotatable bonds is 1. The molecular formula is C9H15FIN. The maximum absolute atomic E-state index is 14.3. The summed E-state index contributed by atoms with van der Waals surface area (Å²) in [4.78, 5) is 0. The van der Waals surface area contributed by atoms with Crippen LogP contribution in [0, 0.1) is 17.8 Å². The summed E-state index contributed by atoms with van der Waals surface area (Å²) in [5, 5.41) is 0. The Labute approximate surface area is 87.2 Å². The predicted molar refractivity (Wildman–Crippen MR) is 55.9 cm³/mol. The Balaban J connectivity index is 2.12. The molecule has 0 spiro atoms. The molecular weight excluding hydrogens is 268 g/mol. The summed E-state index contributed by atoms with van der Waals surface area (Å²) >= 11 is 2.31. The quantitative estimate of drug-likeness (QED) is 0.528. The fourth-order valence-corrected chi connectivity index (χ4v) is 3.75. The zero-order valence-electron chi connectivity index (χ0n) is 7.56. The highest BCUT2D eigenvalue weighted by Crippen LogP contribution is 2.55. The molecule has 3 aliphatic rings. The highest BCUT2D eigenvalue weighted by molar-refractivity contribution is 14.1. The molecule has 2 saturated heterocycles. The minimum Gasteiger partial charge on any atom is -0.247 e. The topological polar surface area (TPSA) is 3.24 Å². The molecule has 12 heavy (non-hydrogen) atoms. The molecule has 3 fully saturated rings. The molecule has 1 saturated carbocycles. The molecule has 0 N–H and O–H groups in total. The van der Waals surface area contributed by atoms with Gasteiger partial charge in [-0.1, -0.05) is 13.8 Å². The third kappa shape index (κ3) is 1.05. The summed E-state index contributed by atoms with van der Waals surface area (Å²) in [5.41, 5.74) is -0.832. The summed E-state index contributed by atoms with van der Waals surface area (Å²) in [6.07, 6.45) is 1.12. The van der Waals surface area contributed by atoms with Crippen molar-refractivity contribution in [2.75, 3.05) is 13.1 Å². The zero-order valence-corrected chi connectivity index (χ0v) is 9.71. The van der Waals surface area contributed by atoms with Gasteiger partial charge in [0.2, 0.25) is 0 Å². The summed E-state index contributed by atoms with van der Waals surface area (Å²) < 4.78 is 16.5. The van der Waals surface area contributed by atoms with E-state index in [1.807, 2.05) is 13.8 Å². The molecule has 0 aromatic heterocycles. The fourth-order valence-electron chi connectivity index (χ4n) is 2.80. The predicted octanol–water partition coefficient (Wildman–Crippen LogP) is 2.65. The van der Waals surface area contributed by atoms with E-state index in [-0.39, 0.29) is 5.92 Å². The van der Waals surface area contributed by atoms with E-state index in [2.05, 4.69) is 26.0 Å². The van der Waals surface area contributed by atoms with Gasteiger partial charge in [-0.05, 0) is 12.3 Å². The zero-order chi connectivity index (χ0) is 8.93. The Hall–Kier alpha value is 0.620. The third-order valence-corrected chi connectivity index (χ3v) is 4.33. The van der Waals surface area contributed by atoms with Crippen LogP contribution in [0.25, 0.3) is 0 Å². The summed E-state index contributed by atoms with van der Waals surface area (Å²) in [6, 6.07) is 0. The van der Waals surface area contributed by atoms with Gasteiger partial charge in [0.05, 0.1) is 0 Å². The standard InChI is InChI=1S/C9H15FIN/c1-6(2)9(10)7-3-8(9)5-12(11)4-7/h6-8H,3-5H2,1-2H3/t7-,8?,9+/m0/s1. The van der Waals surface area contributed by atoms with E-state index >= 15 is 0 Å². The largest absolute Gasteiger partial charge is 0.247 e. The summed E-state index contributed by atoms with van der Waals surface area (Å²) in [6.45, 7) is 5.93. The number of halogens is 2. The van der Waals surface area contributed by atoms with Crippen molar-refractivity contribution in [2.24, 2.45) is 17.8 Å². The first-order valence-electron chi connectivity index (χ1n) is 4.64. The Bertz CT molecular complexity index is 183. The average Bonchev–Trinajstić information content (AvgIpc) is 2.02. The van der Waals surface area contributed by atoms with Gasteiger partial charge in [-0.2, -0.15) is 0 Å². The van der Waals surface area contributed by atoms with E-state index in [0.717, 1.165) is 19.5 Å². The van der Waals surface area contributed by atoms with Gasteiger partial charge in [0.1, 0.15) is 5.67 Å². The highest BCUT2D eigenvalue weighted by atomic mass is 127. The van der Waals surface area contributed by atoms with Crippen LogP contribution in [0.3, 0.4) is 0 Å². The van der Waals surface area contributed by atoms with E-state index in [4.69, 9.17) is 0 Å². The minimum atomic E-state index is -0.832. The van der Waals surface area contributed by atoms with Crippen molar-refractivity contribution in [1.29, 1.82) is 0 Å². The van der Waals surface area contributed by atoms with Crippen molar-refractivity contribution in [2.45, 2.75) is 25.9 Å². The van der Waals surface area contributed by atoms with Crippen LogP contribution in [0.4, 0.5) is 4.39 Å². The van der Waals surface area contributed by atoms with Crippen molar-refractivity contribution in [3.8, 4) is 0 Å². The lowest BCUT2D eigenvalue weighted by Crippen LogP contribution is -2.65. The Kier molecular flexibility index (Phi) is 2.15. The van der Waals surface area contributed by atoms with Crippen molar-refractivity contribution in [1.82, 2.24) is 3.11 Å². The lowest BCUT2D eigenvalue weighted by molar-refractivity contribution is -0.151. The number of nitrogens with zero attached hydrogens (tertiary/aromatic N) is 1. The number of piperidine rings is 2. The minimum absolute atomic E-state index is 0.200. The maximum atomic E-state index is 14.3. The lowest BCUT2D eigenvalue weighted by atomic mass is 9.55. The van der Waals surface area contributed by atoms with E-state index < -0.39 is 5.67 Å². The molecule has 1 unspecified atom stereocenters. The van der Waals surface area contributed by atoms with Gasteiger partial charge in [-0.3, -0.25) is 0 Å². The highest BCUT2D eigenvalue weighted by Gasteiger charge is 2.60. The molecule has 1 aliphatic carbocycles.